The minimum atomic E-state index is -0.171. The second kappa shape index (κ2) is 6.16. The molecule has 0 radical (unpaired) electrons. The Hall–Kier alpha value is -1.71. The van der Waals surface area contributed by atoms with E-state index >= 15 is 0 Å². The molecule has 0 aromatic heterocycles. The van der Waals surface area contributed by atoms with Crippen LogP contribution in [0.5, 0.6) is 0 Å². The van der Waals surface area contributed by atoms with Crippen LogP contribution in [-0.2, 0) is 6.54 Å². The number of carbonyl (C=O) groups is 1. The van der Waals surface area contributed by atoms with Gasteiger partial charge in [-0.05, 0) is 29.8 Å². The molecule has 0 fully saturated rings. The molecule has 3 nitrogen and oxygen atoms in total. The number of nitrogen functional groups attached to an aromatic ring is 1. The van der Waals surface area contributed by atoms with E-state index in [4.69, 9.17) is 28.9 Å². The minimum Gasteiger partial charge on any atom is -0.398 e. The van der Waals surface area contributed by atoms with E-state index in [0.717, 1.165) is 5.56 Å². The van der Waals surface area contributed by atoms with Gasteiger partial charge in [-0.15, -0.1) is 0 Å². The Morgan fingerprint density at radius 1 is 1.20 bits per heavy atom. The van der Waals surface area contributed by atoms with Crippen LogP contribution < -0.4 is 5.73 Å². The zero-order valence-corrected chi connectivity index (χ0v) is 12.4. The Bertz CT molecular complexity index is 644. The van der Waals surface area contributed by atoms with Crippen LogP contribution in [0.3, 0.4) is 0 Å². The molecule has 0 aliphatic rings. The van der Waals surface area contributed by atoms with Crippen molar-refractivity contribution < 1.29 is 4.79 Å². The number of rotatable bonds is 3. The molecule has 5 heteroatoms. The maximum Gasteiger partial charge on any atom is 0.255 e. The van der Waals surface area contributed by atoms with Crippen molar-refractivity contribution in [1.82, 2.24) is 4.90 Å². The lowest BCUT2D eigenvalue weighted by Crippen LogP contribution is -2.26. The zero-order chi connectivity index (χ0) is 14.7. The maximum absolute atomic E-state index is 12.4. The molecule has 0 unspecified atom stereocenters. The van der Waals surface area contributed by atoms with Gasteiger partial charge in [0, 0.05) is 24.3 Å². The lowest BCUT2D eigenvalue weighted by Gasteiger charge is -2.19. The highest BCUT2D eigenvalue weighted by Gasteiger charge is 2.16. The number of amides is 1. The van der Waals surface area contributed by atoms with Gasteiger partial charge in [0.2, 0.25) is 0 Å². The quantitative estimate of drug-likeness (QED) is 0.875. The standard InChI is InChI=1S/C15H14Cl2N2O/c1-19(9-10-4-2-3-5-14(10)18)15(20)12-7-6-11(16)8-13(12)17/h2-8H,9,18H2,1H3. The van der Waals surface area contributed by atoms with Gasteiger partial charge in [-0.3, -0.25) is 4.79 Å². The molecular weight excluding hydrogens is 295 g/mol. The summed E-state index contributed by atoms with van der Waals surface area (Å²) >= 11 is 11.9. The van der Waals surface area contributed by atoms with E-state index in [0.29, 0.717) is 27.8 Å². The number of anilines is 1. The van der Waals surface area contributed by atoms with Gasteiger partial charge < -0.3 is 10.6 Å². The largest absolute Gasteiger partial charge is 0.398 e. The summed E-state index contributed by atoms with van der Waals surface area (Å²) < 4.78 is 0. The third-order valence-corrected chi connectivity index (χ3v) is 3.52. The van der Waals surface area contributed by atoms with E-state index in [1.165, 1.54) is 0 Å². The van der Waals surface area contributed by atoms with Crippen molar-refractivity contribution in [2.75, 3.05) is 12.8 Å². The lowest BCUT2D eigenvalue weighted by atomic mass is 10.1. The topological polar surface area (TPSA) is 46.3 Å². The summed E-state index contributed by atoms with van der Waals surface area (Å²) in [6.45, 7) is 0.421. The number of halogens is 2. The normalized spacial score (nSPS) is 10.3. The van der Waals surface area contributed by atoms with Crippen LogP contribution in [0.1, 0.15) is 15.9 Å². The summed E-state index contributed by atoms with van der Waals surface area (Å²) in [7, 11) is 1.71. The van der Waals surface area contributed by atoms with Crippen LogP contribution in [-0.4, -0.2) is 17.9 Å². The molecule has 2 rings (SSSR count). The first kappa shape index (κ1) is 14.7. The van der Waals surface area contributed by atoms with Gasteiger partial charge in [0.1, 0.15) is 0 Å². The molecule has 0 aliphatic carbocycles. The zero-order valence-electron chi connectivity index (χ0n) is 10.9. The van der Waals surface area contributed by atoms with E-state index in [1.54, 1.807) is 30.1 Å². The van der Waals surface area contributed by atoms with E-state index in [9.17, 15) is 4.79 Å². The Labute approximate surface area is 127 Å². The Kier molecular flexibility index (Phi) is 4.53. The minimum absolute atomic E-state index is 0.171. The highest BCUT2D eigenvalue weighted by atomic mass is 35.5. The average molecular weight is 309 g/mol. The lowest BCUT2D eigenvalue weighted by molar-refractivity contribution is 0.0785. The third kappa shape index (κ3) is 3.24. The van der Waals surface area contributed by atoms with Gasteiger partial charge in [-0.2, -0.15) is 0 Å². The number of nitrogens with two attached hydrogens (primary N) is 1. The maximum atomic E-state index is 12.4. The summed E-state index contributed by atoms with van der Waals surface area (Å²) in [6, 6.07) is 12.3. The summed E-state index contributed by atoms with van der Waals surface area (Å²) in [5, 5.41) is 0.844. The number of hydrogen-bond donors (Lipinski definition) is 1. The molecule has 0 heterocycles. The summed E-state index contributed by atoms with van der Waals surface area (Å²) in [4.78, 5) is 13.9. The Morgan fingerprint density at radius 3 is 2.55 bits per heavy atom. The Morgan fingerprint density at radius 2 is 1.90 bits per heavy atom. The average Bonchev–Trinajstić information content (AvgIpc) is 2.40. The second-order valence-corrected chi connectivity index (χ2v) is 5.33. The highest BCUT2D eigenvalue weighted by molar-refractivity contribution is 6.36. The van der Waals surface area contributed by atoms with E-state index in [2.05, 4.69) is 0 Å². The second-order valence-electron chi connectivity index (χ2n) is 4.48. The number of hydrogen-bond acceptors (Lipinski definition) is 2. The van der Waals surface area contributed by atoms with Crippen LogP contribution in [0.2, 0.25) is 10.0 Å². The van der Waals surface area contributed by atoms with E-state index in [-0.39, 0.29) is 5.91 Å². The molecule has 0 saturated heterocycles. The van der Waals surface area contributed by atoms with Gasteiger partial charge in [-0.1, -0.05) is 41.4 Å². The fourth-order valence-electron chi connectivity index (χ4n) is 1.87. The molecule has 0 bridgehead atoms. The first-order valence-electron chi connectivity index (χ1n) is 6.03. The number of benzene rings is 2. The van der Waals surface area contributed by atoms with Crippen LogP contribution in [0.15, 0.2) is 42.5 Å². The van der Waals surface area contributed by atoms with Crippen molar-refractivity contribution in [2.45, 2.75) is 6.54 Å². The van der Waals surface area contributed by atoms with Crippen molar-refractivity contribution in [1.29, 1.82) is 0 Å². The predicted molar refractivity (Wildman–Crippen MR) is 83.1 cm³/mol. The fourth-order valence-corrected chi connectivity index (χ4v) is 2.36. The highest BCUT2D eigenvalue weighted by Crippen LogP contribution is 2.23. The first-order chi connectivity index (χ1) is 9.49. The van der Waals surface area contributed by atoms with Crippen molar-refractivity contribution in [3.8, 4) is 0 Å². The van der Waals surface area contributed by atoms with Crippen LogP contribution in [0.4, 0.5) is 5.69 Å². The first-order valence-corrected chi connectivity index (χ1v) is 6.78. The van der Waals surface area contributed by atoms with E-state index in [1.807, 2.05) is 24.3 Å². The predicted octanol–water partition coefficient (Wildman–Crippen LogP) is 3.85. The van der Waals surface area contributed by atoms with Crippen molar-refractivity contribution in [2.24, 2.45) is 0 Å². The van der Waals surface area contributed by atoms with Crippen molar-refractivity contribution in [3.05, 3.63) is 63.6 Å². The molecule has 2 aromatic rings. The molecule has 0 spiro atoms. The van der Waals surface area contributed by atoms with Crippen molar-refractivity contribution >= 4 is 34.8 Å². The van der Waals surface area contributed by atoms with Gasteiger partial charge in [0.05, 0.1) is 10.6 Å². The SMILES string of the molecule is CN(Cc1ccccc1N)C(=O)c1ccc(Cl)cc1Cl. The number of nitrogens with zero attached hydrogens (tertiary/aromatic N) is 1. The summed E-state index contributed by atoms with van der Waals surface area (Å²) in [5.74, 6) is -0.171. The molecule has 0 saturated carbocycles. The number of carbonyl (C=O) groups excluding carboxylic acids is 1. The number of para-hydroxylation sites is 1. The smallest absolute Gasteiger partial charge is 0.255 e. The fraction of sp³-hybridized carbons (Fsp3) is 0.133. The molecule has 2 N–H and O–H groups in total. The molecule has 0 aliphatic heterocycles. The molecular formula is C15H14Cl2N2O. The summed E-state index contributed by atoms with van der Waals surface area (Å²) in [6.07, 6.45) is 0. The van der Waals surface area contributed by atoms with Crippen LogP contribution >= 0.6 is 23.2 Å². The summed E-state index contributed by atoms with van der Waals surface area (Å²) in [5.41, 5.74) is 7.86. The molecule has 20 heavy (non-hydrogen) atoms. The monoisotopic (exact) mass is 308 g/mol. The van der Waals surface area contributed by atoms with Gasteiger partial charge in [0.15, 0.2) is 0 Å². The molecule has 1 amide bonds. The van der Waals surface area contributed by atoms with Crippen molar-refractivity contribution in [3.63, 3.8) is 0 Å². The van der Waals surface area contributed by atoms with Crippen LogP contribution in [0.25, 0.3) is 0 Å². The van der Waals surface area contributed by atoms with Gasteiger partial charge >= 0.3 is 0 Å². The van der Waals surface area contributed by atoms with E-state index < -0.39 is 0 Å². The molecule has 2 aromatic carbocycles. The molecule has 0 atom stereocenters. The molecule has 104 valence electrons. The van der Waals surface area contributed by atoms with Crippen LogP contribution in [0, 0.1) is 0 Å². The Balaban J connectivity index is 2.19. The van der Waals surface area contributed by atoms with Gasteiger partial charge in [-0.25, -0.2) is 0 Å². The van der Waals surface area contributed by atoms with Gasteiger partial charge in [0.25, 0.3) is 5.91 Å². The third-order valence-electron chi connectivity index (χ3n) is 2.97.